The molecule has 1 heterocycles. The molecule has 0 aromatic heterocycles. The fourth-order valence-electron chi connectivity index (χ4n) is 1.37. The molecule has 1 atom stereocenters. The van der Waals surface area contributed by atoms with Crippen LogP contribution in [0.4, 0.5) is 13.2 Å². The van der Waals surface area contributed by atoms with Gasteiger partial charge in [-0.1, -0.05) is 0 Å². The Bertz CT molecular complexity index is 238. The average Bonchev–Trinajstić information content (AvgIpc) is 2.06. The van der Waals surface area contributed by atoms with E-state index < -0.39 is 24.7 Å². The second kappa shape index (κ2) is 4.36. The Hall–Kier alpha value is -0.820. The average molecular weight is 225 g/mol. The van der Waals surface area contributed by atoms with Crippen LogP contribution < -0.4 is 11.1 Å². The molecule has 0 saturated carbocycles. The van der Waals surface area contributed by atoms with Crippen molar-refractivity contribution in [3.05, 3.63) is 0 Å². The van der Waals surface area contributed by atoms with E-state index in [4.69, 9.17) is 5.73 Å². The Balaban J connectivity index is 2.28. The van der Waals surface area contributed by atoms with Gasteiger partial charge in [0.15, 0.2) is 0 Å². The molecule has 0 aromatic rings. The summed E-state index contributed by atoms with van der Waals surface area (Å²) in [6, 6.07) is -0.519. The molecule has 0 radical (unpaired) electrons. The number of carbonyl (C=O) groups is 1. The summed E-state index contributed by atoms with van der Waals surface area (Å²) in [5.41, 5.74) is 5.50. The molecule has 1 fully saturated rings. The molecule has 1 amide bonds. The van der Waals surface area contributed by atoms with E-state index in [0.717, 1.165) is 0 Å². The lowest BCUT2D eigenvalue weighted by molar-refractivity contribution is -0.142. The molecule has 0 spiro atoms. The highest BCUT2D eigenvalue weighted by molar-refractivity contribution is 5.81. The monoisotopic (exact) mass is 225 g/mol. The zero-order valence-electron chi connectivity index (χ0n) is 8.34. The summed E-state index contributed by atoms with van der Waals surface area (Å²) in [6.45, 7) is 1.40. The van der Waals surface area contributed by atoms with Crippen molar-refractivity contribution in [1.29, 1.82) is 0 Å². The summed E-state index contributed by atoms with van der Waals surface area (Å²) >= 11 is 0. The van der Waals surface area contributed by atoms with Gasteiger partial charge in [0, 0.05) is 19.1 Å². The number of likely N-dealkylation sites (tertiary alicyclic amines) is 1. The molecule has 1 aliphatic rings. The maximum Gasteiger partial charge on any atom is 0.405 e. The third-order valence-corrected chi connectivity index (χ3v) is 2.33. The maximum absolute atomic E-state index is 11.8. The van der Waals surface area contributed by atoms with Gasteiger partial charge in [-0.15, -0.1) is 0 Å². The Morgan fingerprint density at radius 1 is 1.60 bits per heavy atom. The molecular weight excluding hydrogens is 211 g/mol. The van der Waals surface area contributed by atoms with Crippen molar-refractivity contribution in [2.45, 2.75) is 25.2 Å². The summed E-state index contributed by atoms with van der Waals surface area (Å²) in [7, 11) is 0. The Morgan fingerprint density at radius 3 is 2.53 bits per heavy atom. The van der Waals surface area contributed by atoms with Gasteiger partial charge >= 0.3 is 6.18 Å². The van der Waals surface area contributed by atoms with E-state index >= 15 is 0 Å². The van der Waals surface area contributed by atoms with Crippen molar-refractivity contribution < 1.29 is 18.0 Å². The number of hydrogen-bond acceptors (Lipinski definition) is 3. The van der Waals surface area contributed by atoms with E-state index in [2.05, 4.69) is 0 Å². The molecule has 88 valence electrons. The molecule has 0 aromatic carbocycles. The first-order valence-electron chi connectivity index (χ1n) is 4.63. The highest BCUT2D eigenvalue weighted by atomic mass is 19.4. The van der Waals surface area contributed by atoms with Crippen LogP contribution in [0.5, 0.6) is 0 Å². The Labute approximate surface area is 85.6 Å². The molecule has 1 aliphatic heterocycles. The first-order valence-corrected chi connectivity index (χ1v) is 4.63. The lowest BCUT2D eigenvalue weighted by Crippen LogP contribution is -2.62. The topological polar surface area (TPSA) is 58.4 Å². The number of nitrogens with two attached hydrogens (primary N) is 1. The molecule has 1 saturated heterocycles. The number of nitrogens with one attached hydrogen (secondary N) is 1. The van der Waals surface area contributed by atoms with Crippen molar-refractivity contribution in [2.75, 3.05) is 19.6 Å². The van der Waals surface area contributed by atoms with Crippen LogP contribution in [0.3, 0.4) is 0 Å². The predicted molar refractivity (Wildman–Crippen MR) is 48.1 cm³/mol. The van der Waals surface area contributed by atoms with Crippen LogP contribution in [0.2, 0.25) is 0 Å². The third-order valence-electron chi connectivity index (χ3n) is 2.33. The second-order valence-electron chi connectivity index (χ2n) is 3.72. The van der Waals surface area contributed by atoms with E-state index in [1.807, 2.05) is 5.32 Å². The van der Waals surface area contributed by atoms with Crippen molar-refractivity contribution in [1.82, 2.24) is 10.2 Å². The van der Waals surface area contributed by atoms with Crippen molar-refractivity contribution in [2.24, 2.45) is 5.73 Å². The van der Waals surface area contributed by atoms with Gasteiger partial charge in [0.1, 0.15) is 6.54 Å². The number of hydrogen-bond donors (Lipinski definition) is 2. The van der Waals surface area contributed by atoms with Crippen LogP contribution in [-0.4, -0.2) is 48.7 Å². The highest BCUT2D eigenvalue weighted by Crippen LogP contribution is 2.14. The molecule has 1 rings (SSSR count). The van der Waals surface area contributed by atoms with Crippen LogP contribution in [0, 0.1) is 0 Å². The largest absolute Gasteiger partial charge is 0.405 e. The Kier molecular flexibility index (Phi) is 3.56. The quantitative estimate of drug-likeness (QED) is 0.693. The van der Waals surface area contributed by atoms with E-state index in [-0.39, 0.29) is 6.04 Å². The first kappa shape index (κ1) is 12.3. The predicted octanol–water partition coefficient (Wildman–Crippen LogP) is -0.304. The van der Waals surface area contributed by atoms with E-state index in [0.29, 0.717) is 13.1 Å². The number of nitrogens with zero attached hydrogens (tertiary/aromatic N) is 1. The molecule has 0 aliphatic carbocycles. The summed E-state index contributed by atoms with van der Waals surface area (Å²) in [6.07, 6.45) is -4.36. The number of rotatable bonds is 3. The lowest BCUT2D eigenvalue weighted by atomic mass is 10.1. The summed E-state index contributed by atoms with van der Waals surface area (Å²) in [5, 5.41) is 1.84. The van der Waals surface area contributed by atoms with Crippen LogP contribution in [0.1, 0.15) is 6.92 Å². The van der Waals surface area contributed by atoms with Crippen LogP contribution in [0.15, 0.2) is 0 Å². The normalized spacial score (nSPS) is 20.9. The van der Waals surface area contributed by atoms with Gasteiger partial charge in [-0.05, 0) is 6.92 Å². The fraction of sp³-hybridized carbons (Fsp3) is 0.875. The minimum absolute atomic E-state index is 0.0304. The van der Waals surface area contributed by atoms with E-state index in [9.17, 15) is 18.0 Å². The summed E-state index contributed by atoms with van der Waals surface area (Å²) in [4.78, 5) is 13.0. The standard InChI is InChI=1S/C8H14F3N3O/c1-5(14-2-6(12)3-14)7(15)13-4-8(9,10)11/h5-6H,2-4,12H2,1H3,(H,13,15). The lowest BCUT2D eigenvalue weighted by Gasteiger charge is -2.40. The SMILES string of the molecule is CC(C(=O)NCC(F)(F)F)N1CC(N)C1. The smallest absolute Gasteiger partial charge is 0.346 e. The number of alkyl halides is 3. The fourth-order valence-corrected chi connectivity index (χ4v) is 1.37. The van der Waals surface area contributed by atoms with Crippen LogP contribution in [0.25, 0.3) is 0 Å². The van der Waals surface area contributed by atoms with Crippen LogP contribution >= 0.6 is 0 Å². The Morgan fingerprint density at radius 2 is 2.13 bits per heavy atom. The van der Waals surface area contributed by atoms with Crippen molar-refractivity contribution in [3.63, 3.8) is 0 Å². The van der Waals surface area contributed by atoms with Gasteiger partial charge in [0.25, 0.3) is 0 Å². The van der Waals surface area contributed by atoms with Crippen molar-refractivity contribution in [3.8, 4) is 0 Å². The molecule has 0 bridgehead atoms. The minimum atomic E-state index is -4.36. The van der Waals surface area contributed by atoms with Crippen LogP contribution in [-0.2, 0) is 4.79 Å². The van der Waals surface area contributed by atoms with Gasteiger partial charge in [-0.3, -0.25) is 9.69 Å². The van der Waals surface area contributed by atoms with E-state index in [1.54, 1.807) is 11.8 Å². The van der Waals surface area contributed by atoms with E-state index in [1.165, 1.54) is 0 Å². The third kappa shape index (κ3) is 3.67. The zero-order chi connectivity index (χ0) is 11.6. The number of amides is 1. The van der Waals surface area contributed by atoms with Gasteiger partial charge in [0.2, 0.25) is 5.91 Å². The number of carbonyl (C=O) groups excluding carboxylic acids is 1. The molecule has 3 N–H and O–H groups in total. The zero-order valence-corrected chi connectivity index (χ0v) is 8.34. The molecule has 15 heavy (non-hydrogen) atoms. The van der Waals surface area contributed by atoms with Crippen molar-refractivity contribution >= 4 is 5.91 Å². The van der Waals surface area contributed by atoms with Gasteiger partial charge < -0.3 is 11.1 Å². The molecule has 7 heteroatoms. The second-order valence-corrected chi connectivity index (χ2v) is 3.72. The van der Waals surface area contributed by atoms with Gasteiger partial charge in [-0.25, -0.2) is 0 Å². The summed E-state index contributed by atoms with van der Waals surface area (Å²) < 4.78 is 35.4. The molecule has 1 unspecified atom stereocenters. The summed E-state index contributed by atoms with van der Waals surface area (Å²) in [5.74, 6) is -0.612. The molecular formula is C8H14F3N3O. The minimum Gasteiger partial charge on any atom is -0.346 e. The number of halogens is 3. The van der Waals surface area contributed by atoms with Gasteiger partial charge in [-0.2, -0.15) is 13.2 Å². The first-order chi connectivity index (χ1) is 6.79. The molecule has 4 nitrogen and oxygen atoms in total. The maximum atomic E-state index is 11.8. The highest BCUT2D eigenvalue weighted by Gasteiger charge is 2.33. The van der Waals surface area contributed by atoms with Gasteiger partial charge in [0.05, 0.1) is 6.04 Å².